The van der Waals surface area contributed by atoms with Crippen LogP contribution in [-0.2, 0) is 16.2 Å². The summed E-state index contributed by atoms with van der Waals surface area (Å²) in [6.07, 6.45) is -3.35. The topological polar surface area (TPSA) is 71.1 Å². The molecule has 27 heavy (non-hydrogen) atoms. The van der Waals surface area contributed by atoms with Crippen LogP contribution in [0, 0.1) is 0 Å². The first-order valence-electron chi connectivity index (χ1n) is 7.58. The Labute approximate surface area is 157 Å². The summed E-state index contributed by atoms with van der Waals surface area (Å²) < 4.78 is 63.2. The van der Waals surface area contributed by atoms with Crippen LogP contribution >= 0.6 is 11.3 Å². The standard InChI is InChI=1S/C17H14F3N3O2S2/c1-27(24,25)23-13-7-5-11(6-8-13)15-10-26-16(22-15)21-14-4-2-3-12(9-14)17(18,19)20/h2-10,23H,1H3,(H,21,22). The van der Waals surface area contributed by atoms with Crippen molar-refractivity contribution in [1.29, 1.82) is 0 Å². The molecule has 1 aromatic heterocycles. The van der Waals surface area contributed by atoms with E-state index >= 15 is 0 Å². The minimum Gasteiger partial charge on any atom is -0.332 e. The van der Waals surface area contributed by atoms with E-state index in [0.29, 0.717) is 22.2 Å². The van der Waals surface area contributed by atoms with Gasteiger partial charge in [-0.05, 0) is 30.3 Å². The highest BCUT2D eigenvalue weighted by molar-refractivity contribution is 7.92. The van der Waals surface area contributed by atoms with Gasteiger partial charge in [-0.15, -0.1) is 11.3 Å². The Balaban J connectivity index is 1.75. The number of rotatable bonds is 5. The fourth-order valence-corrected chi connectivity index (χ4v) is 3.59. The number of hydrogen-bond acceptors (Lipinski definition) is 5. The van der Waals surface area contributed by atoms with E-state index in [9.17, 15) is 21.6 Å². The molecule has 0 atom stereocenters. The quantitative estimate of drug-likeness (QED) is 0.621. The summed E-state index contributed by atoms with van der Waals surface area (Å²) in [7, 11) is -3.35. The summed E-state index contributed by atoms with van der Waals surface area (Å²) in [5.41, 5.74) is 1.36. The third-order valence-corrected chi connectivity index (χ3v) is 4.79. The van der Waals surface area contributed by atoms with Crippen LogP contribution in [0.4, 0.5) is 29.7 Å². The van der Waals surface area contributed by atoms with E-state index in [-0.39, 0.29) is 0 Å². The molecule has 1 heterocycles. The lowest BCUT2D eigenvalue weighted by molar-refractivity contribution is -0.137. The second-order valence-electron chi connectivity index (χ2n) is 5.69. The fraction of sp³-hybridized carbons (Fsp3) is 0.118. The predicted octanol–water partition coefficient (Wildman–Crippen LogP) is 4.94. The van der Waals surface area contributed by atoms with Gasteiger partial charge >= 0.3 is 6.18 Å². The normalized spacial score (nSPS) is 12.0. The Morgan fingerprint density at radius 2 is 1.74 bits per heavy atom. The van der Waals surface area contributed by atoms with Gasteiger partial charge in [-0.3, -0.25) is 4.72 Å². The number of alkyl halides is 3. The number of anilines is 3. The highest BCUT2D eigenvalue weighted by atomic mass is 32.2. The molecule has 3 rings (SSSR count). The van der Waals surface area contributed by atoms with Gasteiger partial charge in [0.25, 0.3) is 0 Å². The predicted molar refractivity (Wildman–Crippen MR) is 101 cm³/mol. The Hall–Kier alpha value is -2.59. The molecule has 0 saturated carbocycles. The molecule has 0 aliphatic carbocycles. The summed E-state index contributed by atoms with van der Waals surface area (Å²) in [6, 6.07) is 11.5. The Bertz CT molecular complexity index is 1050. The highest BCUT2D eigenvalue weighted by Gasteiger charge is 2.30. The van der Waals surface area contributed by atoms with Crippen LogP contribution in [0.5, 0.6) is 0 Å². The lowest BCUT2D eigenvalue weighted by Gasteiger charge is -2.09. The van der Waals surface area contributed by atoms with Crippen molar-refractivity contribution >= 4 is 37.9 Å². The van der Waals surface area contributed by atoms with Crippen molar-refractivity contribution in [2.24, 2.45) is 0 Å². The van der Waals surface area contributed by atoms with E-state index in [0.717, 1.165) is 24.0 Å². The van der Waals surface area contributed by atoms with Gasteiger partial charge in [-0.1, -0.05) is 18.2 Å². The van der Waals surface area contributed by atoms with Crippen molar-refractivity contribution in [3.05, 3.63) is 59.5 Å². The molecule has 0 aliphatic rings. The van der Waals surface area contributed by atoms with Crippen LogP contribution in [0.2, 0.25) is 0 Å². The molecule has 3 aromatic rings. The lowest BCUT2D eigenvalue weighted by Crippen LogP contribution is -2.09. The molecule has 142 valence electrons. The van der Waals surface area contributed by atoms with Crippen LogP contribution in [-0.4, -0.2) is 19.7 Å². The van der Waals surface area contributed by atoms with Gasteiger partial charge in [-0.25, -0.2) is 13.4 Å². The summed E-state index contributed by atoms with van der Waals surface area (Å²) in [5, 5.41) is 5.07. The number of nitrogens with one attached hydrogen (secondary N) is 2. The monoisotopic (exact) mass is 413 g/mol. The van der Waals surface area contributed by atoms with Crippen LogP contribution in [0.1, 0.15) is 5.56 Å². The maximum absolute atomic E-state index is 12.8. The minimum atomic E-state index is -4.41. The zero-order chi connectivity index (χ0) is 19.7. The van der Waals surface area contributed by atoms with E-state index in [1.165, 1.54) is 23.5 Å². The van der Waals surface area contributed by atoms with Crippen molar-refractivity contribution in [3.63, 3.8) is 0 Å². The van der Waals surface area contributed by atoms with Crippen molar-refractivity contribution in [2.75, 3.05) is 16.3 Å². The molecular formula is C17H14F3N3O2S2. The average molecular weight is 413 g/mol. The molecule has 2 N–H and O–H groups in total. The third kappa shape index (κ3) is 5.20. The minimum absolute atomic E-state index is 0.290. The number of aromatic nitrogens is 1. The van der Waals surface area contributed by atoms with Crippen molar-refractivity contribution in [2.45, 2.75) is 6.18 Å². The van der Waals surface area contributed by atoms with Gasteiger partial charge < -0.3 is 5.32 Å². The second-order valence-corrected chi connectivity index (χ2v) is 8.30. The molecule has 0 saturated heterocycles. The Morgan fingerprint density at radius 1 is 1.04 bits per heavy atom. The summed E-state index contributed by atoms with van der Waals surface area (Å²) in [5.74, 6) is 0. The molecule has 0 fully saturated rings. The molecule has 0 bridgehead atoms. The van der Waals surface area contributed by atoms with Gasteiger partial charge in [0.05, 0.1) is 17.5 Å². The Kier molecular flexibility index (Phi) is 5.11. The molecular weight excluding hydrogens is 399 g/mol. The van der Waals surface area contributed by atoms with E-state index in [1.807, 2.05) is 0 Å². The van der Waals surface area contributed by atoms with Crippen LogP contribution in [0.3, 0.4) is 0 Å². The first kappa shape index (κ1) is 19.2. The zero-order valence-corrected chi connectivity index (χ0v) is 15.5. The van der Waals surface area contributed by atoms with Crippen molar-refractivity contribution in [1.82, 2.24) is 4.98 Å². The van der Waals surface area contributed by atoms with Gasteiger partial charge in [0.2, 0.25) is 10.0 Å². The SMILES string of the molecule is CS(=O)(=O)Nc1ccc(-c2csc(Nc3cccc(C(F)(F)F)c3)n2)cc1. The van der Waals surface area contributed by atoms with E-state index in [1.54, 1.807) is 29.6 Å². The summed E-state index contributed by atoms with van der Waals surface area (Å²) >= 11 is 1.25. The Morgan fingerprint density at radius 3 is 2.37 bits per heavy atom. The van der Waals surface area contributed by atoms with Crippen molar-refractivity contribution < 1.29 is 21.6 Å². The fourth-order valence-electron chi connectivity index (χ4n) is 2.28. The average Bonchev–Trinajstić information content (AvgIpc) is 3.02. The largest absolute Gasteiger partial charge is 0.416 e. The number of hydrogen-bond donors (Lipinski definition) is 2. The molecule has 2 aromatic carbocycles. The number of halogens is 3. The van der Waals surface area contributed by atoms with Gasteiger partial charge in [-0.2, -0.15) is 13.2 Å². The maximum Gasteiger partial charge on any atom is 0.416 e. The number of sulfonamides is 1. The first-order valence-corrected chi connectivity index (χ1v) is 10.4. The maximum atomic E-state index is 12.8. The first-order chi connectivity index (χ1) is 12.6. The smallest absolute Gasteiger partial charge is 0.332 e. The third-order valence-electron chi connectivity index (χ3n) is 3.43. The van der Waals surface area contributed by atoms with Crippen LogP contribution < -0.4 is 10.0 Å². The van der Waals surface area contributed by atoms with Gasteiger partial charge in [0, 0.05) is 22.3 Å². The molecule has 0 unspecified atom stereocenters. The highest BCUT2D eigenvalue weighted by Crippen LogP contribution is 2.32. The van der Waals surface area contributed by atoms with E-state index < -0.39 is 21.8 Å². The lowest BCUT2D eigenvalue weighted by atomic mass is 10.1. The van der Waals surface area contributed by atoms with Gasteiger partial charge in [0.1, 0.15) is 0 Å². The van der Waals surface area contributed by atoms with E-state index in [2.05, 4.69) is 15.0 Å². The molecule has 0 aliphatic heterocycles. The summed E-state index contributed by atoms with van der Waals surface area (Å²) in [4.78, 5) is 4.36. The molecule has 5 nitrogen and oxygen atoms in total. The molecule has 10 heteroatoms. The molecule has 0 radical (unpaired) electrons. The second kappa shape index (κ2) is 7.20. The molecule has 0 spiro atoms. The van der Waals surface area contributed by atoms with Gasteiger partial charge in [0.15, 0.2) is 5.13 Å². The van der Waals surface area contributed by atoms with Crippen LogP contribution in [0.15, 0.2) is 53.9 Å². The molecule has 0 amide bonds. The number of thiazole rings is 1. The summed E-state index contributed by atoms with van der Waals surface area (Å²) in [6.45, 7) is 0. The zero-order valence-electron chi connectivity index (χ0n) is 13.9. The number of benzene rings is 2. The number of nitrogens with zero attached hydrogens (tertiary/aromatic N) is 1. The van der Waals surface area contributed by atoms with Crippen LogP contribution in [0.25, 0.3) is 11.3 Å². The van der Waals surface area contributed by atoms with Crippen molar-refractivity contribution in [3.8, 4) is 11.3 Å². The van der Waals surface area contributed by atoms with E-state index in [4.69, 9.17) is 0 Å².